The number of nitrogens with zero attached hydrogens (tertiary/aromatic N) is 2. The van der Waals surface area contributed by atoms with E-state index in [0.717, 1.165) is 66.7 Å². The number of benzene rings is 2. The molecule has 2 atom stereocenters. The Morgan fingerprint density at radius 1 is 0.980 bits per heavy atom. The SMILES string of the molecule is COCCCc1cc(CN(C(=O)[C@H]2CNCC[C@]2(C)c2ccn(CCOc3c(Cl)cc(C)cc3Cl)c(=O)c2)C2CC2)cc(OCCOC)c1. The van der Waals surface area contributed by atoms with E-state index in [2.05, 4.69) is 29.3 Å². The van der Waals surface area contributed by atoms with Gasteiger partial charge in [0.15, 0.2) is 5.75 Å². The Hall–Kier alpha value is -3.08. The van der Waals surface area contributed by atoms with Crippen LogP contribution in [0.2, 0.25) is 10.0 Å². The molecule has 2 aliphatic rings. The molecule has 0 radical (unpaired) electrons. The van der Waals surface area contributed by atoms with Crippen LogP contribution >= 0.6 is 23.2 Å². The van der Waals surface area contributed by atoms with Crippen LogP contribution < -0.4 is 20.3 Å². The highest BCUT2D eigenvalue weighted by molar-refractivity contribution is 6.37. The fourth-order valence-electron chi connectivity index (χ4n) is 6.70. The van der Waals surface area contributed by atoms with Gasteiger partial charge in [-0.1, -0.05) is 36.2 Å². The predicted octanol–water partition coefficient (Wildman–Crippen LogP) is 6.21. The number of carbonyl (C=O) groups is 1. The Morgan fingerprint density at radius 2 is 1.71 bits per heavy atom. The first-order valence-corrected chi connectivity index (χ1v) is 17.9. The second kappa shape index (κ2) is 17.2. The Bertz CT molecular complexity index is 1590. The average molecular weight is 715 g/mol. The van der Waals surface area contributed by atoms with E-state index in [4.69, 9.17) is 42.1 Å². The molecule has 9 nitrogen and oxygen atoms in total. The van der Waals surface area contributed by atoms with Gasteiger partial charge in [0.25, 0.3) is 5.56 Å². The highest BCUT2D eigenvalue weighted by Crippen LogP contribution is 2.41. The second-order valence-electron chi connectivity index (χ2n) is 13.4. The molecule has 11 heteroatoms. The van der Waals surface area contributed by atoms with Crippen LogP contribution in [0.1, 0.15) is 54.9 Å². The van der Waals surface area contributed by atoms with Crippen LogP contribution in [0, 0.1) is 12.8 Å². The Labute approximate surface area is 299 Å². The lowest BCUT2D eigenvalue weighted by atomic mass is 9.67. The number of aryl methyl sites for hydroxylation is 2. The van der Waals surface area contributed by atoms with Gasteiger partial charge in [0.05, 0.1) is 29.1 Å². The van der Waals surface area contributed by atoms with Gasteiger partial charge < -0.3 is 33.7 Å². The second-order valence-corrected chi connectivity index (χ2v) is 14.2. The average Bonchev–Trinajstić information content (AvgIpc) is 3.91. The van der Waals surface area contributed by atoms with Crippen LogP contribution in [-0.2, 0) is 39.2 Å². The molecular weight excluding hydrogens is 665 g/mol. The normalized spacial score (nSPS) is 19.1. The number of ether oxygens (including phenoxy) is 4. The van der Waals surface area contributed by atoms with E-state index < -0.39 is 5.41 Å². The number of hydrogen-bond acceptors (Lipinski definition) is 7. The number of piperidine rings is 1. The lowest BCUT2D eigenvalue weighted by Crippen LogP contribution is -2.54. The molecular formula is C38H49Cl2N3O6. The van der Waals surface area contributed by atoms with Gasteiger partial charge >= 0.3 is 0 Å². The first-order chi connectivity index (χ1) is 23.6. The summed E-state index contributed by atoms with van der Waals surface area (Å²) in [6, 6.07) is 13.8. The number of nitrogens with one attached hydrogen (secondary N) is 1. The molecule has 0 spiro atoms. The molecule has 1 aliphatic heterocycles. The third-order valence-corrected chi connectivity index (χ3v) is 10.2. The number of aromatic nitrogens is 1. The number of hydrogen-bond donors (Lipinski definition) is 1. The molecule has 3 aromatic rings. The van der Waals surface area contributed by atoms with E-state index >= 15 is 0 Å². The van der Waals surface area contributed by atoms with Crippen molar-refractivity contribution in [1.82, 2.24) is 14.8 Å². The zero-order chi connectivity index (χ0) is 35.0. The van der Waals surface area contributed by atoms with E-state index in [1.165, 1.54) is 0 Å². The fourth-order valence-corrected chi connectivity index (χ4v) is 7.40. The van der Waals surface area contributed by atoms with Gasteiger partial charge in [0.1, 0.15) is 19.0 Å². The first-order valence-electron chi connectivity index (χ1n) is 17.2. The molecule has 1 aromatic heterocycles. The summed E-state index contributed by atoms with van der Waals surface area (Å²) in [5.41, 5.74) is 3.38. The monoisotopic (exact) mass is 713 g/mol. The van der Waals surface area contributed by atoms with E-state index in [0.29, 0.717) is 55.2 Å². The summed E-state index contributed by atoms with van der Waals surface area (Å²) in [6.45, 7) is 8.06. The van der Waals surface area contributed by atoms with Gasteiger partial charge in [-0.15, -0.1) is 0 Å². The molecule has 1 N–H and O–H groups in total. The third kappa shape index (κ3) is 9.58. The van der Waals surface area contributed by atoms with E-state index in [9.17, 15) is 9.59 Å². The maximum Gasteiger partial charge on any atom is 0.250 e. The molecule has 49 heavy (non-hydrogen) atoms. The number of rotatable bonds is 17. The Balaban J connectivity index is 1.32. The van der Waals surface area contributed by atoms with E-state index in [1.807, 2.05) is 19.1 Å². The zero-order valence-electron chi connectivity index (χ0n) is 29.1. The van der Waals surface area contributed by atoms with Gasteiger partial charge in [-0.25, -0.2) is 0 Å². The smallest absolute Gasteiger partial charge is 0.250 e. The van der Waals surface area contributed by atoms with Crippen molar-refractivity contribution in [3.8, 4) is 11.5 Å². The molecule has 2 heterocycles. The lowest BCUT2D eigenvalue weighted by molar-refractivity contribution is -0.139. The summed E-state index contributed by atoms with van der Waals surface area (Å²) in [4.78, 5) is 30.0. The molecule has 266 valence electrons. The van der Waals surface area contributed by atoms with Crippen molar-refractivity contribution in [3.63, 3.8) is 0 Å². The van der Waals surface area contributed by atoms with Crippen molar-refractivity contribution in [3.05, 3.63) is 91.3 Å². The van der Waals surface area contributed by atoms with Crippen LogP contribution in [0.4, 0.5) is 0 Å². The molecule has 1 saturated carbocycles. The molecule has 2 aromatic carbocycles. The minimum absolute atomic E-state index is 0.119. The number of amides is 1. The van der Waals surface area contributed by atoms with Crippen LogP contribution in [0.3, 0.4) is 0 Å². The van der Waals surface area contributed by atoms with Crippen LogP contribution in [0.25, 0.3) is 0 Å². The molecule has 0 bridgehead atoms. The summed E-state index contributed by atoms with van der Waals surface area (Å²) in [5.74, 6) is 0.988. The number of carbonyl (C=O) groups excluding carboxylic acids is 1. The topological polar surface area (TPSA) is 91.3 Å². The summed E-state index contributed by atoms with van der Waals surface area (Å²) >= 11 is 12.7. The standard InChI is InChI=1S/C38H49Cl2N3O6/c1-26-18-33(39)36(34(40)19-26)49-15-13-42-12-9-29(23-35(42)44)38(2)10-11-41-24-32(38)37(45)43(30-7-8-30)25-28-20-27(6-5-14-46-3)21-31(22-28)48-17-16-47-4/h9,12,18-23,30,32,41H,5-8,10-11,13-17,24-25H2,1-4H3/t32-,38-/m1/s1. The maximum atomic E-state index is 14.6. The van der Waals surface area contributed by atoms with Gasteiger partial charge in [-0.3, -0.25) is 9.59 Å². The van der Waals surface area contributed by atoms with Crippen LogP contribution in [-0.4, -0.2) is 75.2 Å². The van der Waals surface area contributed by atoms with Crippen molar-refractivity contribution < 1.29 is 23.7 Å². The predicted molar refractivity (Wildman–Crippen MR) is 193 cm³/mol. The molecule has 2 fully saturated rings. The first kappa shape index (κ1) is 37.2. The highest BCUT2D eigenvalue weighted by atomic mass is 35.5. The molecule has 0 unspecified atom stereocenters. The minimum Gasteiger partial charge on any atom is -0.491 e. The quantitative estimate of drug-likeness (QED) is 0.167. The fraction of sp³-hybridized carbons (Fsp3) is 0.526. The van der Waals surface area contributed by atoms with E-state index in [-0.39, 0.29) is 30.0 Å². The number of halogens is 2. The Kier molecular flexibility index (Phi) is 13.1. The van der Waals surface area contributed by atoms with E-state index in [1.54, 1.807) is 43.2 Å². The third-order valence-electron chi connectivity index (χ3n) is 9.63. The Morgan fingerprint density at radius 3 is 2.41 bits per heavy atom. The molecule has 1 aliphatic carbocycles. The van der Waals surface area contributed by atoms with Crippen LogP contribution in [0.15, 0.2) is 53.5 Å². The van der Waals surface area contributed by atoms with Crippen molar-refractivity contribution in [2.24, 2.45) is 5.92 Å². The minimum atomic E-state index is -0.510. The number of methoxy groups -OCH3 is 2. The zero-order valence-corrected chi connectivity index (χ0v) is 30.6. The van der Waals surface area contributed by atoms with Gasteiger partial charge in [-0.2, -0.15) is 0 Å². The maximum absolute atomic E-state index is 14.6. The highest BCUT2D eigenvalue weighted by Gasteiger charge is 2.46. The van der Waals surface area contributed by atoms with Gasteiger partial charge in [0, 0.05) is 57.6 Å². The van der Waals surface area contributed by atoms with Crippen molar-refractivity contribution in [2.45, 2.75) is 70.5 Å². The van der Waals surface area contributed by atoms with Gasteiger partial charge in [-0.05, 0) is 98.2 Å². The summed E-state index contributed by atoms with van der Waals surface area (Å²) in [5, 5.41) is 4.34. The van der Waals surface area contributed by atoms with Crippen molar-refractivity contribution in [2.75, 3.05) is 53.7 Å². The van der Waals surface area contributed by atoms with Gasteiger partial charge in [0.2, 0.25) is 5.91 Å². The summed E-state index contributed by atoms with van der Waals surface area (Å²) in [6.07, 6.45) is 6.28. The van der Waals surface area contributed by atoms with Crippen molar-refractivity contribution in [1.29, 1.82) is 0 Å². The summed E-state index contributed by atoms with van der Waals surface area (Å²) in [7, 11) is 3.37. The largest absolute Gasteiger partial charge is 0.491 e. The lowest BCUT2D eigenvalue weighted by Gasteiger charge is -2.43. The number of pyridine rings is 1. The summed E-state index contributed by atoms with van der Waals surface area (Å²) < 4.78 is 24.0. The molecule has 1 saturated heterocycles. The van der Waals surface area contributed by atoms with Crippen molar-refractivity contribution >= 4 is 29.1 Å². The molecule has 1 amide bonds. The molecule has 5 rings (SSSR count). The van der Waals surface area contributed by atoms with Crippen LogP contribution in [0.5, 0.6) is 11.5 Å².